The Hall–Kier alpha value is -3.77. The van der Waals surface area contributed by atoms with Crippen molar-refractivity contribution in [3.05, 3.63) is 105 Å². The maximum Gasteiger partial charge on any atom is 0.340 e. The lowest BCUT2D eigenvalue weighted by Crippen LogP contribution is -2.32. The Morgan fingerprint density at radius 3 is 2.21 bits per heavy atom. The van der Waals surface area contributed by atoms with Gasteiger partial charge in [0.15, 0.2) is 18.2 Å². The maximum atomic E-state index is 13.0. The summed E-state index contributed by atoms with van der Waals surface area (Å²) in [5.41, 5.74) is 2.61. The number of aryl methyl sites for hydroxylation is 1. The predicted molar refractivity (Wildman–Crippen MR) is 127 cm³/mol. The smallest absolute Gasteiger partial charge is 0.340 e. The van der Waals surface area contributed by atoms with Crippen molar-refractivity contribution in [2.24, 2.45) is 0 Å². The molecule has 1 unspecified atom stereocenters. The van der Waals surface area contributed by atoms with E-state index in [1.807, 2.05) is 38.1 Å². The van der Waals surface area contributed by atoms with Gasteiger partial charge in [0.25, 0.3) is 5.91 Å². The summed E-state index contributed by atoms with van der Waals surface area (Å²) in [6, 6.07) is 16.8. The lowest BCUT2D eigenvalue weighted by Gasteiger charge is -2.20. The van der Waals surface area contributed by atoms with Crippen molar-refractivity contribution in [1.29, 1.82) is 0 Å². The molecule has 1 aliphatic carbocycles. The number of carbonyl (C=O) groups excluding carboxylic acids is 4. The average molecular weight is 476 g/mol. The molecule has 1 aliphatic rings. The highest BCUT2D eigenvalue weighted by Crippen LogP contribution is 2.34. The molecule has 0 radical (unpaired) electrons. The van der Waals surface area contributed by atoms with Gasteiger partial charge in [0.1, 0.15) is 0 Å². The van der Waals surface area contributed by atoms with Crippen LogP contribution in [-0.4, -0.2) is 30.0 Å². The van der Waals surface area contributed by atoms with Gasteiger partial charge in [-0.2, -0.15) is 0 Å². The van der Waals surface area contributed by atoms with Gasteiger partial charge in [0, 0.05) is 16.7 Å². The van der Waals surface area contributed by atoms with E-state index in [2.05, 4.69) is 5.32 Å². The highest BCUT2D eigenvalue weighted by molar-refractivity contribution is 6.41. The minimum absolute atomic E-state index is 0.0327. The van der Waals surface area contributed by atoms with E-state index in [1.165, 1.54) is 12.1 Å². The van der Waals surface area contributed by atoms with Gasteiger partial charge < -0.3 is 10.1 Å². The molecule has 0 bridgehead atoms. The molecule has 0 aliphatic heterocycles. The van der Waals surface area contributed by atoms with Gasteiger partial charge in [-0.25, -0.2) is 4.79 Å². The molecule has 6 nitrogen and oxygen atoms in total. The normalized spacial score (nSPS) is 13.0. The first kappa shape index (κ1) is 23.4. The van der Waals surface area contributed by atoms with Crippen LogP contribution >= 0.6 is 11.6 Å². The number of benzene rings is 3. The Labute approximate surface area is 201 Å². The molecule has 0 fully saturated rings. The fourth-order valence-electron chi connectivity index (χ4n) is 3.97. The van der Waals surface area contributed by atoms with Gasteiger partial charge in [-0.15, -0.1) is 0 Å². The predicted octanol–water partition coefficient (Wildman–Crippen LogP) is 4.85. The number of fused-ring (bicyclic) bond motifs is 2. The Morgan fingerprint density at radius 2 is 1.56 bits per heavy atom. The number of ketones is 2. The lowest BCUT2D eigenvalue weighted by atomic mass is 9.83. The van der Waals surface area contributed by atoms with Crippen LogP contribution in [0.1, 0.15) is 72.7 Å². The van der Waals surface area contributed by atoms with Crippen molar-refractivity contribution in [2.75, 3.05) is 6.61 Å². The number of ether oxygens (including phenoxy) is 1. The first-order chi connectivity index (χ1) is 16.3. The van der Waals surface area contributed by atoms with Gasteiger partial charge >= 0.3 is 5.97 Å². The zero-order valence-corrected chi connectivity index (χ0v) is 19.4. The van der Waals surface area contributed by atoms with Crippen LogP contribution in [0, 0.1) is 6.92 Å². The van der Waals surface area contributed by atoms with Crippen molar-refractivity contribution in [1.82, 2.24) is 5.32 Å². The van der Waals surface area contributed by atoms with E-state index < -0.39 is 24.3 Å². The van der Waals surface area contributed by atoms with Crippen LogP contribution in [0.25, 0.3) is 0 Å². The molecule has 1 N–H and O–H groups in total. The molecule has 1 amide bonds. The van der Waals surface area contributed by atoms with Gasteiger partial charge in [0.05, 0.1) is 22.2 Å². The average Bonchev–Trinajstić information content (AvgIpc) is 2.84. The summed E-state index contributed by atoms with van der Waals surface area (Å²) in [7, 11) is 0. The second-order valence-corrected chi connectivity index (χ2v) is 8.45. The third kappa shape index (κ3) is 4.37. The monoisotopic (exact) mass is 475 g/mol. The quantitative estimate of drug-likeness (QED) is 0.403. The molecule has 0 spiro atoms. The molecule has 0 saturated heterocycles. The second-order valence-electron chi connectivity index (χ2n) is 8.07. The summed E-state index contributed by atoms with van der Waals surface area (Å²) >= 11 is 6.39. The molecule has 3 aromatic carbocycles. The number of nitrogens with one attached hydrogen (secondary N) is 1. The molecule has 3 aromatic rings. The summed E-state index contributed by atoms with van der Waals surface area (Å²) < 4.78 is 5.16. The van der Waals surface area contributed by atoms with Crippen LogP contribution < -0.4 is 5.32 Å². The number of halogens is 1. The third-order valence-corrected chi connectivity index (χ3v) is 6.20. The van der Waals surface area contributed by atoms with E-state index in [0.717, 1.165) is 11.1 Å². The van der Waals surface area contributed by atoms with Crippen LogP contribution in [0.5, 0.6) is 0 Å². The number of hydrogen-bond acceptors (Lipinski definition) is 5. The highest BCUT2D eigenvalue weighted by Gasteiger charge is 2.33. The van der Waals surface area contributed by atoms with Gasteiger partial charge in [-0.05, 0) is 31.0 Å². The van der Waals surface area contributed by atoms with E-state index in [1.54, 1.807) is 24.3 Å². The molecule has 7 heteroatoms. The third-order valence-electron chi connectivity index (χ3n) is 5.81. The standard InChI is InChI=1S/C27H22ClNO5/c1-3-21(16-10-8-15(2)9-11-16)29-22(30)14-34-27(33)20-13-12-19-23(24(20)28)26(32)18-7-5-4-6-17(18)25(19)31/h4-13,21H,3,14H2,1-2H3,(H,29,30). The number of hydrogen-bond donors (Lipinski definition) is 1. The number of rotatable bonds is 6. The van der Waals surface area contributed by atoms with Crippen molar-refractivity contribution in [3.63, 3.8) is 0 Å². The van der Waals surface area contributed by atoms with E-state index in [0.29, 0.717) is 12.0 Å². The minimum atomic E-state index is -0.856. The molecule has 34 heavy (non-hydrogen) atoms. The summed E-state index contributed by atoms with van der Waals surface area (Å²) in [6.45, 7) is 3.42. The van der Waals surface area contributed by atoms with Crippen LogP contribution in [0.15, 0.2) is 60.7 Å². The van der Waals surface area contributed by atoms with Crippen molar-refractivity contribution in [2.45, 2.75) is 26.3 Å². The first-order valence-electron chi connectivity index (χ1n) is 10.9. The molecule has 0 saturated carbocycles. The lowest BCUT2D eigenvalue weighted by molar-refractivity contribution is -0.125. The first-order valence-corrected chi connectivity index (χ1v) is 11.2. The van der Waals surface area contributed by atoms with E-state index in [4.69, 9.17) is 16.3 Å². The fourth-order valence-corrected chi connectivity index (χ4v) is 4.30. The summed E-state index contributed by atoms with van der Waals surface area (Å²) in [4.78, 5) is 50.8. The summed E-state index contributed by atoms with van der Waals surface area (Å²) in [5.74, 6) is -2.10. The maximum absolute atomic E-state index is 13.0. The van der Waals surface area contributed by atoms with Gasteiger partial charge in [-0.3, -0.25) is 14.4 Å². The van der Waals surface area contributed by atoms with Crippen LogP contribution in [0.4, 0.5) is 0 Å². The van der Waals surface area contributed by atoms with E-state index >= 15 is 0 Å². The zero-order valence-electron chi connectivity index (χ0n) is 18.7. The molecular weight excluding hydrogens is 454 g/mol. The van der Waals surface area contributed by atoms with Gasteiger partial charge in [0.2, 0.25) is 0 Å². The summed E-state index contributed by atoms with van der Waals surface area (Å²) in [5, 5.41) is 2.68. The van der Waals surface area contributed by atoms with Crippen molar-refractivity contribution < 1.29 is 23.9 Å². The molecule has 172 valence electrons. The Kier molecular flexibility index (Phi) is 6.61. The Balaban J connectivity index is 1.48. The van der Waals surface area contributed by atoms with Crippen LogP contribution in [0.2, 0.25) is 5.02 Å². The van der Waals surface area contributed by atoms with Crippen LogP contribution in [0.3, 0.4) is 0 Å². The molecular formula is C27H22ClNO5. The zero-order chi connectivity index (χ0) is 24.4. The SMILES string of the molecule is CCC(NC(=O)COC(=O)c1ccc2c(c1Cl)C(=O)c1ccccc1C2=O)c1ccc(C)cc1. The molecule has 1 atom stereocenters. The van der Waals surface area contributed by atoms with Crippen molar-refractivity contribution in [3.8, 4) is 0 Å². The van der Waals surface area contributed by atoms with E-state index in [9.17, 15) is 19.2 Å². The molecule has 0 heterocycles. The Morgan fingerprint density at radius 1 is 0.912 bits per heavy atom. The second kappa shape index (κ2) is 9.61. The van der Waals surface area contributed by atoms with Gasteiger partial charge in [-0.1, -0.05) is 72.6 Å². The van der Waals surface area contributed by atoms with Crippen molar-refractivity contribution >= 4 is 35.0 Å². The largest absolute Gasteiger partial charge is 0.452 e. The summed E-state index contributed by atoms with van der Waals surface area (Å²) in [6.07, 6.45) is 0.664. The number of esters is 1. The van der Waals surface area contributed by atoms with Crippen LogP contribution in [-0.2, 0) is 9.53 Å². The molecule has 4 rings (SSSR count). The minimum Gasteiger partial charge on any atom is -0.452 e. The fraction of sp³-hybridized carbons (Fsp3) is 0.185. The highest BCUT2D eigenvalue weighted by atomic mass is 35.5. The molecule has 0 aromatic heterocycles. The number of carbonyl (C=O) groups is 4. The topological polar surface area (TPSA) is 89.5 Å². The Bertz CT molecular complexity index is 1310. The van der Waals surface area contributed by atoms with E-state index in [-0.39, 0.29) is 39.1 Å². The number of amides is 1.